The highest BCUT2D eigenvalue weighted by Crippen LogP contribution is 2.11. The van der Waals surface area contributed by atoms with Gasteiger partial charge in [-0.2, -0.15) is 0 Å². The summed E-state index contributed by atoms with van der Waals surface area (Å²) in [5.41, 5.74) is 5.07. The highest BCUT2D eigenvalue weighted by molar-refractivity contribution is 5.87. The lowest BCUT2D eigenvalue weighted by Crippen LogP contribution is -2.54. The summed E-state index contributed by atoms with van der Waals surface area (Å²) in [7, 11) is 0. The van der Waals surface area contributed by atoms with Crippen LogP contribution in [0, 0.1) is 0 Å². The van der Waals surface area contributed by atoms with Crippen molar-refractivity contribution in [2.75, 3.05) is 6.61 Å². The number of nitrogens with two attached hydrogens (primary N) is 1. The molecule has 98 valence electrons. The van der Waals surface area contributed by atoms with Gasteiger partial charge in [0.2, 0.25) is 0 Å². The lowest BCUT2D eigenvalue weighted by molar-refractivity contribution is -0.235. The quantitative estimate of drug-likeness (QED) is 0.343. The van der Waals surface area contributed by atoms with Gasteiger partial charge in [0, 0.05) is 12.5 Å². The summed E-state index contributed by atoms with van der Waals surface area (Å²) in [4.78, 5) is 22.1. The van der Waals surface area contributed by atoms with Gasteiger partial charge in [-0.05, 0) is 13.8 Å². The predicted molar refractivity (Wildman–Crippen MR) is 59.7 cm³/mol. The molecule has 0 aromatic rings. The topological polar surface area (TPSA) is 111 Å². The van der Waals surface area contributed by atoms with Gasteiger partial charge in [0.25, 0.3) is 5.91 Å². The second-order valence-electron chi connectivity index (χ2n) is 3.76. The Kier molecular flexibility index (Phi) is 5.63. The van der Waals surface area contributed by atoms with Crippen LogP contribution in [-0.2, 0) is 14.3 Å². The number of rotatable bonds is 6. The van der Waals surface area contributed by atoms with Gasteiger partial charge in [0.15, 0.2) is 0 Å². The molecule has 0 aromatic carbocycles. The summed E-state index contributed by atoms with van der Waals surface area (Å²) in [6, 6.07) is -0.924. The minimum Gasteiger partial charge on any atom is -0.411 e. The molecule has 0 spiro atoms. The monoisotopic (exact) mass is 246 g/mol. The minimum atomic E-state index is -1.74. The SMILES string of the molecule is C=C(C)C(=O)OC(C)(NC(N)=O)OCC(C)O. The van der Waals surface area contributed by atoms with E-state index in [0.717, 1.165) is 0 Å². The molecule has 0 fully saturated rings. The number of hydrogen-bond donors (Lipinski definition) is 3. The molecule has 0 radical (unpaired) electrons. The van der Waals surface area contributed by atoms with E-state index in [0.29, 0.717) is 0 Å². The van der Waals surface area contributed by atoms with E-state index in [2.05, 4.69) is 11.9 Å². The zero-order valence-electron chi connectivity index (χ0n) is 10.1. The van der Waals surface area contributed by atoms with E-state index in [-0.39, 0.29) is 12.2 Å². The van der Waals surface area contributed by atoms with Crippen LogP contribution in [0.5, 0.6) is 0 Å². The molecule has 0 aliphatic carbocycles. The molecular formula is C10H18N2O5. The molecule has 7 heteroatoms. The first-order chi connectivity index (χ1) is 7.66. The number of esters is 1. The normalized spacial score (nSPS) is 15.5. The van der Waals surface area contributed by atoms with Crippen molar-refractivity contribution in [1.82, 2.24) is 5.32 Å². The van der Waals surface area contributed by atoms with E-state index in [1.165, 1.54) is 20.8 Å². The van der Waals surface area contributed by atoms with Crippen molar-refractivity contribution < 1.29 is 24.2 Å². The zero-order valence-corrected chi connectivity index (χ0v) is 10.1. The number of primary amides is 1. The fourth-order valence-corrected chi connectivity index (χ4v) is 0.858. The maximum Gasteiger partial charge on any atom is 0.336 e. The number of aliphatic hydroxyl groups is 1. The van der Waals surface area contributed by atoms with Crippen LogP contribution in [0.25, 0.3) is 0 Å². The number of amides is 2. The minimum absolute atomic E-state index is 0.139. The van der Waals surface area contributed by atoms with Crippen LogP contribution in [0.2, 0.25) is 0 Å². The molecule has 0 bridgehead atoms. The van der Waals surface area contributed by atoms with E-state index in [4.69, 9.17) is 20.3 Å². The number of ether oxygens (including phenoxy) is 2. The number of hydrogen-bond acceptors (Lipinski definition) is 5. The number of aliphatic hydroxyl groups excluding tert-OH is 1. The van der Waals surface area contributed by atoms with Gasteiger partial charge in [-0.15, -0.1) is 0 Å². The smallest absolute Gasteiger partial charge is 0.336 e. The van der Waals surface area contributed by atoms with Crippen LogP contribution in [-0.4, -0.2) is 35.7 Å². The van der Waals surface area contributed by atoms with Crippen molar-refractivity contribution >= 4 is 12.0 Å². The van der Waals surface area contributed by atoms with E-state index in [9.17, 15) is 9.59 Å². The first-order valence-corrected chi connectivity index (χ1v) is 4.95. The Labute approximate surface area is 99.6 Å². The summed E-state index contributed by atoms with van der Waals surface area (Å²) >= 11 is 0. The van der Waals surface area contributed by atoms with E-state index >= 15 is 0 Å². The fourth-order valence-electron chi connectivity index (χ4n) is 0.858. The summed E-state index contributed by atoms with van der Waals surface area (Å²) in [6.45, 7) is 7.47. The summed E-state index contributed by atoms with van der Waals surface area (Å²) in [5.74, 6) is -2.48. The molecule has 4 N–H and O–H groups in total. The van der Waals surface area contributed by atoms with Gasteiger partial charge in [-0.3, -0.25) is 5.32 Å². The predicted octanol–water partition coefficient (Wildman–Crippen LogP) is -0.155. The molecule has 2 amide bonds. The fraction of sp³-hybridized carbons (Fsp3) is 0.600. The van der Waals surface area contributed by atoms with Gasteiger partial charge in [-0.25, -0.2) is 9.59 Å². The zero-order chi connectivity index (χ0) is 13.6. The second-order valence-corrected chi connectivity index (χ2v) is 3.76. The molecular weight excluding hydrogens is 228 g/mol. The highest BCUT2D eigenvalue weighted by atomic mass is 16.7. The van der Waals surface area contributed by atoms with Crippen LogP contribution in [0.4, 0.5) is 4.79 Å². The Morgan fingerprint density at radius 1 is 1.59 bits per heavy atom. The van der Waals surface area contributed by atoms with Crippen molar-refractivity contribution in [1.29, 1.82) is 0 Å². The van der Waals surface area contributed by atoms with E-state index in [1.807, 2.05) is 0 Å². The Hall–Kier alpha value is -1.60. The second kappa shape index (κ2) is 6.21. The maximum atomic E-state index is 11.3. The third kappa shape index (κ3) is 6.54. The lowest BCUT2D eigenvalue weighted by Gasteiger charge is -2.29. The van der Waals surface area contributed by atoms with Crippen molar-refractivity contribution in [3.8, 4) is 0 Å². The van der Waals surface area contributed by atoms with E-state index < -0.39 is 24.0 Å². The van der Waals surface area contributed by atoms with Gasteiger partial charge in [0.1, 0.15) is 0 Å². The van der Waals surface area contributed by atoms with Crippen LogP contribution < -0.4 is 11.1 Å². The first-order valence-electron chi connectivity index (χ1n) is 4.95. The average molecular weight is 246 g/mol. The number of urea groups is 1. The standard InChI is InChI=1S/C10H18N2O5/c1-6(2)8(14)17-10(4,12-9(11)15)16-5-7(3)13/h7,13H,1,5H2,2-4H3,(H3,11,12,15). The van der Waals surface area contributed by atoms with Crippen molar-refractivity contribution in [2.24, 2.45) is 5.73 Å². The highest BCUT2D eigenvalue weighted by Gasteiger charge is 2.32. The Balaban J connectivity index is 4.65. The molecule has 7 nitrogen and oxygen atoms in total. The first kappa shape index (κ1) is 15.4. The van der Waals surface area contributed by atoms with Crippen LogP contribution in [0.3, 0.4) is 0 Å². The molecule has 2 unspecified atom stereocenters. The average Bonchev–Trinajstić information content (AvgIpc) is 2.13. The number of carbonyl (C=O) groups is 2. The van der Waals surface area contributed by atoms with Gasteiger partial charge >= 0.3 is 12.0 Å². The number of nitrogens with one attached hydrogen (secondary N) is 1. The Morgan fingerprint density at radius 2 is 2.12 bits per heavy atom. The molecule has 2 atom stereocenters. The molecule has 0 aliphatic rings. The largest absolute Gasteiger partial charge is 0.411 e. The number of carbonyl (C=O) groups excluding carboxylic acids is 2. The molecule has 0 rings (SSSR count). The van der Waals surface area contributed by atoms with Crippen LogP contribution in [0.15, 0.2) is 12.2 Å². The summed E-state index contributed by atoms with van der Waals surface area (Å²) < 4.78 is 9.95. The molecule has 0 aliphatic heterocycles. The Bertz CT molecular complexity index is 316. The molecule has 0 saturated heterocycles. The third-order valence-corrected chi connectivity index (χ3v) is 1.59. The van der Waals surface area contributed by atoms with Crippen molar-refractivity contribution in [2.45, 2.75) is 32.8 Å². The third-order valence-electron chi connectivity index (χ3n) is 1.59. The van der Waals surface area contributed by atoms with Crippen LogP contribution >= 0.6 is 0 Å². The van der Waals surface area contributed by atoms with E-state index in [1.54, 1.807) is 0 Å². The van der Waals surface area contributed by atoms with Gasteiger partial charge in [0.05, 0.1) is 12.7 Å². The Morgan fingerprint density at radius 3 is 2.47 bits per heavy atom. The molecule has 0 aromatic heterocycles. The van der Waals surface area contributed by atoms with Gasteiger partial charge < -0.3 is 20.3 Å². The summed E-state index contributed by atoms with van der Waals surface area (Å²) in [6.07, 6.45) is -0.785. The molecule has 17 heavy (non-hydrogen) atoms. The van der Waals surface area contributed by atoms with Crippen LogP contribution in [0.1, 0.15) is 20.8 Å². The molecule has 0 saturated carbocycles. The van der Waals surface area contributed by atoms with Gasteiger partial charge in [-0.1, -0.05) is 6.58 Å². The maximum absolute atomic E-state index is 11.3. The van der Waals surface area contributed by atoms with Crippen molar-refractivity contribution in [3.63, 3.8) is 0 Å². The van der Waals surface area contributed by atoms with Crippen molar-refractivity contribution in [3.05, 3.63) is 12.2 Å². The lowest BCUT2D eigenvalue weighted by atomic mass is 10.3. The molecule has 0 heterocycles. The summed E-state index contributed by atoms with van der Waals surface area (Å²) in [5, 5.41) is 11.2.